The largest absolute Gasteiger partial charge is 0.508 e. The number of imidazole rings is 1. The molecule has 0 bridgehead atoms. The lowest BCUT2D eigenvalue weighted by Gasteiger charge is -2.22. The highest BCUT2D eigenvalue weighted by Gasteiger charge is 2.29. The van der Waals surface area contributed by atoms with Crippen LogP contribution in [0.5, 0.6) is 11.5 Å². The van der Waals surface area contributed by atoms with Crippen molar-refractivity contribution in [1.29, 1.82) is 0 Å². The first-order chi connectivity index (χ1) is 26.0. The van der Waals surface area contributed by atoms with Gasteiger partial charge >= 0.3 is 0 Å². The summed E-state index contributed by atoms with van der Waals surface area (Å²) in [5, 5.41) is 26.8. The van der Waals surface area contributed by atoms with Gasteiger partial charge in [-0.05, 0) is 117 Å². The molecule has 1 amide bonds. The number of hydrogen-bond donors (Lipinski definition) is 3. The highest BCUT2D eigenvalue weighted by atomic mass is 32.2. The van der Waals surface area contributed by atoms with E-state index in [4.69, 9.17) is 19.8 Å². The van der Waals surface area contributed by atoms with Crippen LogP contribution in [0, 0.1) is 6.92 Å². The maximum absolute atomic E-state index is 13.1. The number of aromatic hydroxyl groups is 1. The van der Waals surface area contributed by atoms with Crippen molar-refractivity contribution < 1.29 is 28.2 Å². The topological polar surface area (TPSA) is 159 Å². The molecule has 1 aliphatic heterocycles. The number of phenolic OH excluding ortho intramolecular Hbond substituents is 1. The minimum Gasteiger partial charge on any atom is -0.508 e. The van der Waals surface area contributed by atoms with Gasteiger partial charge in [-0.2, -0.15) is 5.10 Å². The van der Waals surface area contributed by atoms with Gasteiger partial charge in [-0.3, -0.25) is 4.79 Å². The highest BCUT2D eigenvalue weighted by molar-refractivity contribution is 7.91. The summed E-state index contributed by atoms with van der Waals surface area (Å²) in [5.41, 5.74) is 6.99. The summed E-state index contributed by atoms with van der Waals surface area (Å²) in [7, 11) is -3.79. The van der Waals surface area contributed by atoms with Crippen LogP contribution in [0.3, 0.4) is 0 Å². The van der Waals surface area contributed by atoms with Crippen molar-refractivity contribution >= 4 is 55.3 Å². The molecule has 0 spiro atoms. The Labute approximate surface area is 312 Å². The number of para-hydroxylation sites is 2. The van der Waals surface area contributed by atoms with Crippen LogP contribution in [0.1, 0.15) is 30.8 Å². The summed E-state index contributed by atoms with van der Waals surface area (Å²) >= 11 is 0. The number of aliphatic hydroxyl groups is 1. The van der Waals surface area contributed by atoms with Crippen LogP contribution in [0.2, 0.25) is 0 Å². The number of carbonyl (C=O) groups excluding carboxylic acids is 1. The van der Waals surface area contributed by atoms with Gasteiger partial charge in [-0.1, -0.05) is 24.3 Å². The second-order valence-corrected chi connectivity index (χ2v) is 14.7. The third-order valence-electron chi connectivity index (χ3n) is 9.09. The van der Waals surface area contributed by atoms with Crippen LogP contribution >= 0.6 is 0 Å². The zero-order valence-corrected chi connectivity index (χ0v) is 30.7. The molecule has 0 fully saturated rings. The van der Waals surface area contributed by atoms with E-state index >= 15 is 0 Å². The first-order valence-corrected chi connectivity index (χ1v) is 18.9. The van der Waals surface area contributed by atoms with Crippen molar-refractivity contribution in [2.75, 3.05) is 29.9 Å². The Kier molecular flexibility index (Phi) is 10.00. The van der Waals surface area contributed by atoms with Crippen LogP contribution in [-0.2, 0) is 14.6 Å². The van der Waals surface area contributed by atoms with E-state index in [1.807, 2.05) is 55.5 Å². The molecular formula is C41H38N6O6S. The average molecular weight is 743 g/mol. The third kappa shape index (κ3) is 7.19. The lowest BCUT2D eigenvalue weighted by Crippen LogP contribution is -2.30. The van der Waals surface area contributed by atoms with E-state index < -0.39 is 21.8 Å². The van der Waals surface area contributed by atoms with E-state index in [9.17, 15) is 23.4 Å². The molecule has 0 saturated heterocycles. The molecule has 1 atom stereocenters. The van der Waals surface area contributed by atoms with Crippen LogP contribution in [-0.4, -0.2) is 71.4 Å². The Morgan fingerprint density at radius 1 is 0.944 bits per heavy atom. The number of benzene rings is 5. The summed E-state index contributed by atoms with van der Waals surface area (Å²) in [5.74, 6) is 0.527. The number of rotatable bonds is 12. The van der Waals surface area contributed by atoms with Crippen molar-refractivity contribution in [2.45, 2.75) is 36.7 Å². The van der Waals surface area contributed by atoms with Crippen molar-refractivity contribution in [2.24, 2.45) is 10.1 Å². The summed E-state index contributed by atoms with van der Waals surface area (Å²) < 4.78 is 33.5. The van der Waals surface area contributed by atoms with Crippen LogP contribution < -0.4 is 15.0 Å². The smallest absolute Gasteiger partial charge is 0.265 e. The zero-order valence-electron chi connectivity index (χ0n) is 29.8. The summed E-state index contributed by atoms with van der Waals surface area (Å²) in [6.07, 6.45) is -0.893. The van der Waals surface area contributed by atoms with E-state index in [-0.39, 0.29) is 22.1 Å². The lowest BCUT2D eigenvalue weighted by molar-refractivity contribution is -0.122. The molecule has 12 nitrogen and oxygen atoms in total. The van der Waals surface area contributed by atoms with Crippen molar-refractivity contribution in [3.63, 3.8) is 0 Å². The standard InChI is InChI=1S/C41H38N6O6S/c1-4-46(23-24-48)30-13-22-35(26(2)25-30)43-39-38(45-47-37-8-6-5-7-36(37)44-40(39)47)28-9-11-29(12-10-28)42-41(50)27(3)53-32-16-20-34(21-17-32)54(51,52)33-18-14-31(49)15-19-33/h5-22,25,27,48-49H,4,23-24H2,1-3H3,(H,42,50). The average Bonchev–Trinajstić information content (AvgIpc) is 3.71. The van der Waals surface area contributed by atoms with Gasteiger partial charge in [0.15, 0.2) is 11.9 Å². The van der Waals surface area contributed by atoms with Gasteiger partial charge in [-0.25, -0.2) is 23.1 Å². The van der Waals surface area contributed by atoms with Crippen LogP contribution in [0.25, 0.3) is 11.0 Å². The quantitative estimate of drug-likeness (QED) is 0.128. The SMILES string of the molecule is CCN(CCO)c1ccc(N=C2C(c3ccc(NC(=O)C(C)Oc4ccc(S(=O)(=O)c5ccc(O)cc5)cc4)cc3)=Nn3c2nc2ccccc23)c(C)c1. The van der Waals surface area contributed by atoms with Crippen LogP contribution in [0.15, 0.2) is 135 Å². The van der Waals surface area contributed by atoms with Crippen molar-refractivity contribution in [3.05, 3.63) is 132 Å². The minimum atomic E-state index is -3.79. The van der Waals surface area contributed by atoms with E-state index in [2.05, 4.69) is 23.2 Å². The van der Waals surface area contributed by atoms with Crippen LogP contribution in [0.4, 0.5) is 17.1 Å². The fourth-order valence-electron chi connectivity index (χ4n) is 6.16. The molecule has 5 aromatic carbocycles. The molecule has 0 saturated carbocycles. The maximum atomic E-state index is 13.1. The number of amides is 1. The Bertz CT molecular complexity index is 2510. The van der Waals surface area contributed by atoms with E-state index in [1.54, 1.807) is 23.7 Å². The Morgan fingerprint density at radius 2 is 1.63 bits per heavy atom. The first-order valence-electron chi connectivity index (χ1n) is 17.4. The lowest BCUT2D eigenvalue weighted by atomic mass is 10.0. The number of aromatic nitrogens is 2. The number of sulfone groups is 1. The second-order valence-electron chi connectivity index (χ2n) is 12.7. The molecule has 6 aromatic rings. The highest BCUT2D eigenvalue weighted by Crippen LogP contribution is 2.30. The fraction of sp³-hybridized carbons (Fsp3) is 0.171. The number of hydrogen-bond acceptors (Lipinski definition) is 10. The number of anilines is 2. The number of aliphatic imine (C=N–C) groups is 1. The van der Waals surface area contributed by atoms with Crippen molar-refractivity contribution in [1.82, 2.24) is 9.66 Å². The van der Waals surface area contributed by atoms with Gasteiger partial charge in [0.2, 0.25) is 9.84 Å². The summed E-state index contributed by atoms with van der Waals surface area (Å²) in [4.78, 5) is 25.3. The molecule has 0 radical (unpaired) electrons. The number of aryl methyl sites for hydroxylation is 1. The predicted molar refractivity (Wildman–Crippen MR) is 209 cm³/mol. The normalized spacial score (nSPS) is 13.8. The zero-order chi connectivity index (χ0) is 38.0. The number of carbonyl (C=O) groups is 1. The Hall–Kier alpha value is -6.31. The van der Waals surface area contributed by atoms with E-state index in [0.29, 0.717) is 35.2 Å². The molecule has 1 aliphatic rings. The number of likely N-dealkylation sites (N-methyl/N-ethyl adjacent to an activating group) is 1. The van der Waals surface area contributed by atoms with Crippen molar-refractivity contribution in [3.8, 4) is 11.5 Å². The van der Waals surface area contributed by atoms with Gasteiger partial charge in [0.05, 0.1) is 33.1 Å². The summed E-state index contributed by atoms with van der Waals surface area (Å²) in [6.45, 7) is 7.04. The monoisotopic (exact) mass is 742 g/mol. The van der Waals surface area contributed by atoms with E-state index in [1.165, 1.54) is 48.5 Å². The molecule has 2 heterocycles. The molecular weight excluding hydrogens is 705 g/mol. The predicted octanol–water partition coefficient (Wildman–Crippen LogP) is 6.49. The molecule has 1 aromatic heterocycles. The molecule has 0 aliphatic carbocycles. The number of ether oxygens (including phenoxy) is 1. The third-order valence-corrected chi connectivity index (χ3v) is 10.9. The van der Waals surface area contributed by atoms with Gasteiger partial charge in [-0.15, -0.1) is 0 Å². The molecule has 7 rings (SSSR count). The van der Waals surface area contributed by atoms with Gasteiger partial charge in [0.25, 0.3) is 5.91 Å². The Balaban J connectivity index is 1.08. The van der Waals surface area contributed by atoms with Gasteiger partial charge in [0, 0.05) is 30.0 Å². The molecule has 13 heteroatoms. The second kappa shape index (κ2) is 15.0. The maximum Gasteiger partial charge on any atom is 0.265 e. The molecule has 274 valence electrons. The number of phenols is 1. The number of nitrogens with zero attached hydrogens (tertiary/aromatic N) is 5. The molecule has 3 N–H and O–H groups in total. The molecule has 54 heavy (non-hydrogen) atoms. The summed E-state index contributed by atoms with van der Waals surface area (Å²) in [6, 6.07) is 32.2. The fourth-order valence-corrected chi connectivity index (χ4v) is 7.42. The van der Waals surface area contributed by atoms with E-state index in [0.717, 1.165) is 40.1 Å². The first kappa shape index (κ1) is 36.1. The Morgan fingerprint density at radius 3 is 2.30 bits per heavy atom. The number of nitrogens with one attached hydrogen (secondary N) is 1. The molecule has 1 unspecified atom stereocenters. The minimum absolute atomic E-state index is 0.0295. The van der Waals surface area contributed by atoms with Gasteiger partial charge in [0.1, 0.15) is 22.9 Å². The number of fused-ring (bicyclic) bond motifs is 3. The number of aliphatic hydroxyl groups excluding tert-OH is 1. The van der Waals surface area contributed by atoms with Gasteiger partial charge < -0.3 is 25.2 Å².